The van der Waals surface area contributed by atoms with E-state index in [1.807, 2.05) is 28.9 Å². The lowest BCUT2D eigenvalue weighted by molar-refractivity contribution is 0.0952. The van der Waals surface area contributed by atoms with Gasteiger partial charge in [-0.2, -0.15) is 5.10 Å². The molecule has 24 heavy (non-hydrogen) atoms. The van der Waals surface area contributed by atoms with Gasteiger partial charge in [0.2, 0.25) is 0 Å². The summed E-state index contributed by atoms with van der Waals surface area (Å²) in [7, 11) is 1.58. The molecule has 124 valence electrons. The van der Waals surface area contributed by atoms with E-state index in [-0.39, 0.29) is 5.91 Å². The summed E-state index contributed by atoms with van der Waals surface area (Å²) in [5, 5.41) is 8.91. The SMILES string of the molecule is COc1cccc(C(=O)NCCCn2ncc3c(Cl)cccc32)c1. The number of carbonyl (C=O) groups is 1. The summed E-state index contributed by atoms with van der Waals surface area (Å²) in [6.45, 7) is 1.28. The van der Waals surface area contributed by atoms with Gasteiger partial charge in [0.05, 0.1) is 23.8 Å². The summed E-state index contributed by atoms with van der Waals surface area (Å²) in [6.07, 6.45) is 2.55. The number of nitrogens with zero attached hydrogens (tertiary/aromatic N) is 2. The Balaban J connectivity index is 1.54. The average Bonchev–Trinajstić information content (AvgIpc) is 3.03. The summed E-state index contributed by atoms with van der Waals surface area (Å²) in [6, 6.07) is 12.8. The van der Waals surface area contributed by atoms with Gasteiger partial charge in [-0.15, -0.1) is 0 Å². The normalized spacial score (nSPS) is 10.8. The number of hydrogen-bond donors (Lipinski definition) is 1. The van der Waals surface area contributed by atoms with E-state index in [0.29, 0.717) is 29.4 Å². The van der Waals surface area contributed by atoms with Crippen LogP contribution in [0, 0.1) is 0 Å². The molecule has 0 saturated heterocycles. The highest BCUT2D eigenvalue weighted by atomic mass is 35.5. The molecule has 0 bridgehead atoms. The Bertz CT molecular complexity index is 860. The quantitative estimate of drug-likeness (QED) is 0.697. The highest BCUT2D eigenvalue weighted by Gasteiger charge is 2.07. The highest BCUT2D eigenvalue weighted by Crippen LogP contribution is 2.22. The van der Waals surface area contributed by atoms with Crippen molar-refractivity contribution < 1.29 is 9.53 Å². The van der Waals surface area contributed by atoms with Crippen molar-refractivity contribution in [3.05, 3.63) is 59.2 Å². The maximum atomic E-state index is 12.1. The van der Waals surface area contributed by atoms with E-state index >= 15 is 0 Å². The molecule has 0 fully saturated rings. The van der Waals surface area contributed by atoms with Gasteiger partial charge in [-0.05, 0) is 36.8 Å². The van der Waals surface area contributed by atoms with Crippen LogP contribution < -0.4 is 10.1 Å². The van der Waals surface area contributed by atoms with Crippen molar-refractivity contribution in [3.8, 4) is 5.75 Å². The Morgan fingerprint density at radius 1 is 1.29 bits per heavy atom. The molecule has 5 nitrogen and oxygen atoms in total. The Kier molecular flexibility index (Phi) is 5.01. The molecule has 0 unspecified atom stereocenters. The Labute approximate surface area is 145 Å². The van der Waals surface area contributed by atoms with Gasteiger partial charge in [0.1, 0.15) is 5.75 Å². The van der Waals surface area contributed by atoms with Crippen LogP contribution in [-0.2, 0) is 6.54 Å². The highest BCUT2D eigenvalue weighted by molar-refractivity contribution is 6.35. The zero-order chi connectivity index (χ0) is 16.9. The van der Waals surface area contributed by atoms with E-state index in [1.54, 1.807) is 31.5 Å². The molecule has 0 saturated carbocycles. The second-order valence-electron chi connectivity index (χ2n) is 5.38. The van der Waals surface area contributed by atoms with E-state index in [9.17, 15) is 4.79 Å². The third kappa shape index (κ3) is 3.51. The number of benzene rings is 2. The summed E-state index contributed by atoms with van der Waals surface area (Å²) in [5.74, 6) is 0.560. The molecule has 1 N–H and O–H groups in total. The van der Waals surface area contributed by atoms with Crippen molar-refractivity contribution in [2.75, 3.05) is 13.7 Å². The molecule has 3 aromatic rings. The lowest BCUT2D eigenvalue weighted by Crippen LogP contribution is -2.25. The number of carbonyl (C=O) groups excluding carboxylic acids is 1. The van der Waals surface area contributed by atoms with Crippen molar-refractivity contribution in [1.29, 1.82) is 0 Å². The largest absolute Gasteiger partial charge is 0.497 e. The molecule has 1 aromatic heterocycles. The van der Waals surface area contributed by atoms with Gasteiger partial charge >= 0.3 is 0 Å². The van der Waals surface area contributed by atoms with Crippen molar-refractivity contribution in [1.82, 2.24) is 15.1 Å². The first-order valence-corrected chi connectivity index (χ1v) is 8.09. The van der Waals surface area contributed by atoms with E-state index in [4.69, 9.17) is 16.3 Å². The average molecular weight is 344 g/mol. The van der Waals surface area contributed by atoms with E-state index < -0.39 is 0 Å². The first-order chi connectivity index (χ1) is 11.7. The van der Waals surface area contributed by atoms with E-state index in [1.165, 1.54) is 0 Å². The third-order valence-electron chi connectivity index (χ3n) is 3.80. The number of ether oxygens (including phenoxy) is 1. The van der Waals surface area contributed by atoms with Crippen molar-refractivity contribution in [2.24, 2.45) is 0 Å². The molecule has 3 rings (SSSR count). The number of aryl methyl sites for hydroxylation is 1. The zero-order valence-corrected chi connectivity index (χ0v) is 14.1. The molecule has 0 spiro atoms. The maximum Gasteiger partial charge on any atom is 0.251 e. The predicted molar refractivity (Wildman–Crippen MR) is 94.7 cm³/mol. The van der Waals surface area contributed by atoms with Crippen LogP contribution in [0.2, 0.25) is 5.02 Å². The van der Waals surface area contributed by atoms with Gasteiger partial charge in [0, 0.05) is 24.0 Å². The second kappa shape index (κ2) is 7.36. The molecular weight excluding hydrogens is 326 g/mol. The van der Waals surface area contributed by atoms with Gasteiger partial charge in [-0.3, -0.25) is 9.48 Å². The number of methoxy groups -OCH3 is 1. The van der Waals surface area contributed by atoms with Gasteiger partial charge in [0.25, 0.3) is 5.91 Å². The Morgan fingerprint density at radius 2 is 2.12 bits per heavy atom. The predicted octanol–water partition coefficient (Wildman–Crippen LogP) is 3.52. The Morgan fingerprint density at radius 3 is 2.96 bits per heavy atom. The standard InChI is InChI=1S/C18H18ClN3O2/c1-24-14-6-2-5-13(11-14)18(23)20-9-4-10-22-17-8-3-7-16(19)15(17)12-21-22/h2-3,5-8,11-12H,4,9-10H2,1H3,(H,20,23). The molecule has 0 radical (unpaired) electrons. The monoisotopic (exact) mass is 343 g/mol. The molecule has 0 aliphatic rings. The second-order valence-corrected chi connectivity index (χ2v) is 5.79. The fraction of sp³-hybridized carbons (Fsp3) is 0.222. The summed E-state index contributed by atoms with van der Waals surface area (Å²) in [5.41, 5.74) is 1.59. The van der Waals surface area contributed by atoms with Crippen LogP contribution in [0.5, 0.6) is 5.75 Å². The zero-order valence-electron chi connectivity index (χ0n) is 13.3. The topological polar surface area (TPSA) is 56.1 Å². The number of hydrogen-bond acceptors (Lipinski definition) is 3. The number of rotatable bonds is 6. The molecule has 0 aliphatic carbocycles. The van der Waals surface area contributed by atoms with Crippen LogP contribution in [0.4, 0.5) is 0 Å². The first-order valence-electron chi connectivity index (χ1n) is 7.71. The van der Waals surface area contributed by atoms with Crippen LogP contribution >= 0.6 is 11.6 Å². The third-order valence-corrected chi connectivity index (χ3v) is 4.13. The van der Waals surface area contributed by atoms with E-state index in [2.05, 4.69) is 10.4 Å². The molecule has 0 atom stereocenters. The fourth-order valence-electron chi connectivity index (χ4n) is 2.54. The minimum absolute atomic E-state index is 0.109. The number of halogens is 1. The lowest BCUT2D eigenvalue weighted by atomic mass is 10.2. The minimum Gasteiger partial charge on any atom is -0.497 e. The van der Waals surface area contributed by atoms with Crippen LogP contribution in [0.15, 0.2) is 48.7 Å². The number of aromatic nitrogens is 2. The lowest BCUT2D eigenvalue weighted by Gasteiger charge is -2.07. The number of fused-ring (bicyclic) bond motifs is 1. The number of amides is 1. The van der Waals surface area contributed by atoms with Crippen LogP contribution in [0.3, 0.4) is 0 Å². The van der Waals surface area contributed by atoms with Gasteiger partial charge in [0.15, 0.2) is 0 Å². The fourth-order valence-corrected chi connectivity index (χ4v) is 2.76. The van der Waals surface area contributed by atoms with Crippen molar-refractivity contribution >= 4 is 28.4 Å². The van der Waals surface area contributed by atoms with Crippen LogP contribution in [0.25, 0.3) is 10.9 Å². The smallest absolute Gasteiger partial charge is 0.251 e. The van der Waals surface area contributed by atoms with E-state index in [0.717, 1.165) is 17.3 Å². The van der Waals surface area contributed by atoms with Gasteiger partial charge in [-0.1, -0.05) is 23.7 Å². The van der Waals surface area contributed by atoms with Crippen LogP contribution in [0.1, 0.15) is 16.8 Å². The summed E-state index contributed by atoms with van der Waals surface area (Å²) in [4.78, 5) is 12.1. The molecule has 1 amide bonds. The maximum absolute atomic E-state index is 12.1. The molecular formula is C18H18ClN3O2. The Hall–Kier alpha value is -2.53. The van der Waals surface area contributed by atoms with Gasteiger partial charge < -0.3 is 10.1 Å². The molecule has 0 aliphatic heterocycles. The van der Waals surface area contributed by atoms with Crippen LogP contribution in [-0.4, -0.2) is 29.3 Å². The molecule has 1 heterocycles. The van der Waals surface area contributed by atoms with Gasteiger partial charge in [-0.25, -0.2) is 0 Å². The van der Waals surface area contributed by atoms with Crippen molar-refractivity contribution in [2.45, 2.75) is 13.0 Å². The first kappa shape index (κ1) is 16.3. The summed E-state index contributed by atoms with van der Waals surface area (Å²) < 4.78 is 7.03. The molecule has 6 heteroatoms. The minimum atomic E-state index is -0.109. The summed E-state index contributed by atoms with van der Waals surface area (Å²) >= 11 is 6.15. The van der Waals surface area contributed by atoms with Crippen molar-refractivity contribution in [3.63, 3.8) is 0 Å². The number of nitrogens with one attached hydrogen (secondary N) is 1. The molecule has 2 aromatic carbocycles.